The normalized spacial score (nSPS) is 10.7. The zero-order chi connectivity index (χ0) is 14.7. The molecule has 0 bridgehead atoms. The van der Waals surface area contributed by atoms with Crippen molar-refractivity contribution in [2.45, 2.75) is 20.3 Å². The van der Waals surface area contributed by atoms with Gasteiger partial charge in [0.25, 0.3) is 0 Å². The largest absolute Gasteiger partial charge is 0.494 e. The van der Waals surface area contributed by atoms with Crippen molar-refractivity contribution in [3.05, 3.63) is 22.8 Å². The molecule has 0 fully saturated rings. The zero-order valence-electron chi connectivity index (χ0n) is 12.2. The summed E-state index contributed by atoms with van der Waals surface area (Å²) in [6.07, 6.45) is 1.03. The summed E-state index contributed by atoms with van der Waals surface area (Å²) in [4.78, 5) is 4.56. The Labute approximate surface area is 124 Å². The maximum absolute atomic E-state index is 6.27. The van der Waals surface area contributed by atoms with Crippen molar-refractivity contribution < 1.29 is 9.47 Å². The molecule has 2 rings (SSSR count). The quantitative estimate of drug-likeness (QED) is 0.904. The molecule has 0 radical (unpaired) electrons. The second-order valence-corrected chi connectivity index (χ2v) is 4.96. The van der Waals surface area contributed by atoms with Gasteiger partial charge in [-0.25, -0.2) is 4.98 Å². The number of fused-ring (bicyclic) bond motifs is 1. The van der Waals surface area contributed by atoms with E-state index in [1.54, 1.807) is 20.3 Å². The number of anilines is 1. The lowest BCUT2D eigenvalue weighted by Gasteiger charge is -2.16. The second-order valence-electron chi connectivity index (χ2n) is 4.56. The lowest BCUT2D eigenvalue weighted by Crippen LogP contribution is -2.03. The Morgan fingerprint density at radius 3 is 2.60 bits per heavy atom. The van der Waals surface area contributed by atoms with Crippen LogP contribution in [0.3, 0.4) is 0 Å². The summed E-state index contributed by atoms with van der Waals surface area (Å²) in [7, 11) is 3.22. The molecule has 2 aromatic rings. The minimum atomic E-state index is 0.516. The summed E-state index contributed by atoms with van der Waals surface area (Å²) in [5, 5.41) is 4.77. The van der Waals surface area contributed by atoms with Gasteiger partial charge in [0.2, 0.25) is 0 Å². The zero-order valence-corrected chi connectivity index (χ0v) is 13.0. The van der Waals surface area contributed by atoms with Crippen LogP contribution in [0.25, 0.3) is 10.9 Å². The molecular weight excluding hydrogens is 276 g/mol. The molecular formula is C15H19ClN2O2. The first kappa shape index (κ1) is 14.7. The van der Waals surface area contributed by atoms with Gasteiger partial charge in [-0.15, -0.1) is 0 Å². The van der Waals surface area contributed by atoms with Crippen molar-refractivity contribution in [2.75, 3.05) is 26.1 Å². The van der Waals surface area contributed by atoms with E-state index >= 15 is 0 Å². The fourth-order valence-electron chi connectivity index (χ4n) is 2.20. The summed E-state index contributed by atoms with van der Waals surface area (Å²) < 4.78 is 10.8. The molecule has 0 aliphatic heterocycles. The van der Waals surface area contributed by atoms with Crippen LogP contribution in [0.15, 0.2) is 12.1 Å². The van der Waals surface area contributed by atoms with Crippen LogP contribution in [0.1, 0.15) is 19.0 Å². The summed E-state index contributed by atoms with van der Waals surface area (Å²) in [6.45, 7) is 4.95. The van der Waals surface area contributed by atoms with Crippen LogP contribution in [0.5, 0.6) is 11.5 Å². The highest BCUT2D eigenvalue weighted by Gasteiger charge is 2.17. The molecule has 0 aliphatic rings. The van der Waals surface area contributed by atoms with E-state index in [1.165, 1.54) is 0 Å². The number of aromatic nitrogens is 1. The third kappa shape index (κ3) is 2.61. The summed E-state index contributed by atoms with van der Waals surface area (Å²) in [5.74, 6) is 1.27. The Morgan fingerprint density at radius 1 is 1.25 bits per heavy atom. The van der Waals surface area contributed by atoms with E-state index in [2.05, 4.69) is 17.2 Å². The number of aryl methyl sites for hydroxylation is 1. The first-order valence-corrected chi connectivity index (χ1v) is 6.95. The van der Waals surface area contributed by atoms with E-state index in [1.807, 2.05) is 13.0 Å². The molecule has 0 aliphatic carbocycles. The summed E-state index contributed by atoms with van der Waals surface area (Å²) in [5.41, 5.74) is 2.64. The third-order valence-electron chi connectivity index (χ3n) is 3.07. The molecule has 108 valence electrons. The Bertz CT molecular complexity index is 629. The molecule has 0 atom stereocenters. The van der Waals surface area contributed by atoms with Crippen LogP contribution in [0.2, 0.25) is 5.02 Å². The first-order valence-electron chi connectivity index (χ1n) is 6.58. The predicted molar refractivity (Wildman–Crippen MR) is 83.4 cm³/mol. The van der Waals surface area contributed by atoms with Crippen LogP contribution in [0.4, 0.5) is 5.69 Å². The van der Waals surface area contributed by atoms with Crippen LogP contribution < -0.4 is 14.8 Å². The Morgan fingerprint density at radius 2 is 2.00 bits per heavy atom. The van der Waals surface area contributed by atoms with Crippen molar-refractivity contribution in [2.24, 2.45) is 0 Å². The number of methoxy groups -OCH3 is 2. The number of hydrogen-bond acceptors (Lipinski definition) is 4. The maximum atomic E-state index is 6.27. The number of rotatable bonds is 5. The van der Waals surface area contributed by atoms with Gasteiger partial charge in [-0.05, 0) is 19.4 Å². The van der Waals surface area contributed by atoms with E-state index in [0.717, 1.165) is 35.2 Å². The van der Waals surface area contributed by atoms with Gasteiger partial charge in [0.05, 0.1) is 24.6 Å². The minimum absolute atomic E-state index is 0.516. The average molecular weight is 295 g/mol. The van der Waals surface area contributed by atoms with E-state index in [4.69, 9.17) is 21.1 Å². The highest BCUT2D eigenvalue weighted by molar-refractivity contribution is 6.34. The van der Waals surface area contributed by atoms with Crippen LogP contribution >= 0.6 is 11.6 Å². The number of hydrogen-bond donors (Lipinski definition) is 1. The SMILES string of the molecule is CCCNc1cc(C)nc2c(OC)cc(Cl)c(OC)c12. The Hall–Kier alpha value is -1.68. The second kappa shape index (κ2) is 6.18. The molecule has 0 unspecified atom stereocenters. The number of nitrogens with one attached hydrogen (secondary N) is 1. The molecule has 1 heterocycles. The van der Waals surface area contributed by atoms with Gasteiger partial charge in [-0.3, -0.25) is 0 Å². The minimum Gasteiger partial charge on any atom is -0.494 e. The number of nitrogens with zero attached hydrogens (tertiary/aromatic N) is 1. The van der Waals surface area contributed by atoms with E-state index in [9.17, 15) is 0 Å². The summed E-state index contributed by atoms with van der Waals surface area (Å²) >= 11 is 6.27. The van der Waals surface area contributed by atoms with E-state index in [0.29, 0.717) is 16.5 Å². The van der Waals surface area contributed by atoms with Gasteiger partial charge in [0.15, 0.2) is 0 Å². The van der Waals surface area contributed by atoms with Gasteiger partial charge in [-0.1, -0.05) is 18.5 Å². The topological polar surface area (TPSA) is 43.4 Å². The monoisotopic (exact) mass is 294 g/mol. The fourth-order valence-corrected chi connectivity index (χ4v) is 2.47. The first-order chi connectivity index (χ1) is 9.62. The van der Waals surface area contributed by atoms with Crippen LogP contribution in [0, 0.1) is 6.92 Å². The lowest BCUT2D eigenvalue weighted by molar-refractivity contribution is 0.410. The Balaban J connectivity index is 2.80. The predicted octanol–water partition coefficient (Wildman–Crippen LogP) is 4.04. The van der Waals surface area contributed by atoms with Gasteiger partial charge < -0.3 is 14.8 Å². The molecule has 0 saturated heterocycles. The highest BCUT2D eigenvalue weighted by atomic mass is 35.5. The Kier molecular flexibility index (Phi) is 4.55. The fraction of sp³-hybridized carbons (Fsp3) is 0.400. The molecule has 0 spiro atoms. The molecule has 1 aromatic carbocycles. The number of benzene rings is 1. The van der Waals surface area contributed by atoms with Crippen molar-refractivity contribution in [3.8, 4) is 11.5 Å². The molecule has 20 heavy (non-hydrogen) atoms. The smallest absolute Gasteiger partial charge is 0.149 e. The molecule has 0 saturated carbocycles. The number of halogens is 1. The van der Waals surface area contributed by atoms with Crippen molar-refractivity contribution in [1.29, 1.82) is 0 Å². The molecule has 5 heteroatoms. The van der Waals surface area contributed by atoms with Crippen LogP contribution in [-0.2, 0) is 0 Å². The average Bonchev–Trinajstić information content (AvgIpc) is 2.44. The van der Waals surface area contributed by atoms with Gasteiger partial charge in [-0.2, -0.15) is 0 Å². The van der Waals surface area contributed by atoms with Crippen molar-refractivity contribution in [3.63, 3.8) is 0 Å². The molecule has 1 aromatic heterocycles. The van der Waals surface area contributed by atoms with E-state index in [-0.39, 0.29) is 0 Å². The summed E-state index contributed by atoms with van der Waals surface area (Å²) in [6, 6.07) is 3.73. The highest BCUT2D eigenvalue weighted by Crippen LogP contribution is 2.42. The molecule has 1 N–H and O–H groups in total. The maximum Gasteiger partial charge on any atom is 0.149 e. The van der Waals surface area contributed by atoms with Gasteiger partial charge in [0.1, 0.15) is 17.0 Å². The third-order valence-corrected chi connectivity index (χ3v) is 3.35. The van der Waals surface area contributed by atoms with Crippen LogP contribution in [-0.4, -0.2) is 25.7 Å². The molecule has 0 amide bonds. The van der Waals surface area contributed by atoms with Gasteiger partial charge in [0, 0.05) is 24.0 Å². The van der Waals surface area contributed by atoms with E-state index < -0.39 is 0 Å². The number of pyridine rings is 1. The molecule has 4 nitrogen and oxygen atoms in total. The van der Waals surface area contributed by atoms with Crippen molar-refractivity contribution in [1.82, 2.24) is 4.98 Å². The number of ether oxygens (including phenoxy) is 2. The standard InChI is InChI=1S/C15H19ClN2O2/c1-5-6-17-11-7-9(2)18-14-12(19-3)8-10(16)15(20-4)13(11)14/h7-8H,5-6H2,1-4H3,(H,17,18). The lowest BCUT2D eigenvalue weighted by atomic mass is 10.1. The van der Waals surface area contributed by atoms with Gasteiger partial charge >= 0.3 is 0 Å². The van der Waals surface area contributed by atoms with Crippen molar-refractivity contribution >= 4 is 28.2 Å².